The smallest absolute Gasteiger partial charge is 0.303 e. The summed E-state index contributed by atoms with van der Waals surface area (Å²) in [6.45, 7) is -0.247. The van der Waals surface area contributed by atoms with Crippen LogP contribution in [0.1, 0.15) is 49.1 Å². The minimum absolute atomic E-state index is 0.247. The Bertz CT molecular complexity index is 1740. The first-order valence-corrected chi connectivity index (χ1v) is 16.2. The maximum atomic E-state index is 12.3. The van der Waals surface area contributed by atoms with Gasteiger partial charge in [-0.1, -0.05) is 78.9 Å². The molecule has 0 radical (unpaired) electrons. The highest BCUT2D eigenvalue weighted by Gasteiger charge is 2.33. The van der Waals surface area contributed by atoms with Crippen LogP contribution >= 0.6 is 23.2 Å². The van der Waals surface area contributed by atoms with E-state index in [4.69, 9.17) is 28.2 Å². The Kier molecular flexibility index (Phi) is 8.12. The lowest BCUT2D eigenvalue weighted by molar-refractivity contribution is -0.117. The average molecular weight is 622 g/mol. The number of anilines is 1. The molecular formula is C32H30Cl2N4O3S. The van der Waals surface area contributed by atoms with Gasteiger partial charge in [0.05, 0.1) is 16.4 Å². The quantitative estimate of drug-likeness (QED) is 0.236. The summed E-state index contributed by atoms with van der Waals surface area (Å²) in [5.74, 6) is 0.911. The lowest BCUT2D eigenvalue weighted by Gasteiger charge is -2.17. The molecule has 10 heteroatoms. The third kappa shape index (κ3) is 6.26. The first-order valence-electron chi connectivity index (χ1n) is 14.0. The fourth-order valence-corrected chi connectivity index (χ4v) is 7.21. The molecule has 1 aliphatic carbocycles. The number of carbonyl (C=O) groups excluding carboxylic acids is 1. The van der Waals surface area contributed by atoms with E-state index in [-0.39, 0.29) is 6.54 Å². The number of imidazole rings is 1. The van der Waals surface area contributed by atoms with E-state index in [2.05, 4.69) is 36.4 Å². The van der Waals surface area contributed by atoms with E-state index in [9.17, 15) is 13.2 Å². The van der Waals surface area contributed by atoms with E-state index < -0.39 is 16.1 Å². The summed E-state index contributed by atoms with van der Waals surface area (Å²) >= 11 is 12.7. The molecule has 6 rings (SSSR count). The summed E-state index contributed by atoms with van der Waals surface area (Å²) in [7, 11) is -3.89. The Morgan fingerprint density at radius 3 is 2.31 bits per heavy atom. The molecule has 3 aromatic carbocycles. The summed E-state index contributed by atoms with van der Waals surface area (Å²) in [5.41, 5.74) is 4.93. The summed E-state index contributed by atoms with van der Waals surface area (Å²) in [6, 6.07) is 20.8. The Morgan fingerprint density at radius 2 is 1.64 bits per heavy atom. The molecule has 1 aromatic heterocycles. The van der Waals surface area contributed by atoms with Crippen LogP contribution in [0.15, 0.2) is 79.0 Å². The Labute approximate surface area is 256 Å². The van der Waals surface area contributed by atoms with E-state index in [1.54, 1.807) is 24.3 Å². The van der Waals surface area contributed by atoms with Crippen LogP contribution < -0.4 is 9.03 Å². The number of carbonyl (C=O) groups is 1. The van der Waals surface area contributed by atoms with Gasteiger partial charge >= 0.3 is 10.2 Å². The van der Waals surface area contributed by atoms with Crippen LogP contribution in [-0.4, -0.2) is 30.4 Å². The lowest BCUT2D eigenvalue weighted by Crippen LogP contribution is -2.29. The van der Waals surface area contributed by atoms with Gasteiger partial charge in [0.2, 0.25) is 0 Å². The molecule has 7 nitrogen and oxygen atoms in total. The standard InChI is InChI=1S/C32H30Cl2N4O3S/c33-25-12-17-28(29(34)19-25)30-20-37(26-13-15-27(16-14-26)38-21-32(39)36-42(38,40)41)31(35-30)18-24-10-8-23(9-11-24)7-6-22-4-2-1-3-5-22/h6-17,19-20,22H,1-5,18,21H2,(H,36,39). The van der Waals surface area contributed by atoms with Crippen molar-refractivity contribution in [3.63, 3.8) is 0 Å². The molecule has 1 saturated heterocycles. The molecule has 1 aliphatic heterocycles. The van der Waals surface area contributed by atoms with Crippen LogP contribution in [0.5, 0.6) is 0 Å². The predicted octanol–water partition coefficient (Wildman–Crippen LogP) is 7.21. The average Bonchev–Trinajstić information content (AvgIpc) is 3.51. The highest BCUT2D eigenvalue weighted by atomic mass is 35.5. The van der Waals surface area contributed by atoms with E-state index in [0.29, 0.717) is 33.8 Å². The van der Waals surface area contributed by atoms with Gasteiger partial charge in [0.25, 0.3) is 5.91 Å². The SMILES string of the molecule is O=C1CN(c2ccc(-n3cc(-c4ccc(Cl)cc4Cl)nc3Cc3ccc(C=CC4CCCCC4)cc3)cc2)S(=O)(=O)N1. The number of halogens is 2. The summed E-state index contributed by atoms with van der Waals surface area (Å²) in [5, 5.41) is 1.04. The van der Waals surface area contributed by atoms with Gasteiger partial charge in [-0.3, -0.25) is 4.79 Å². The van der Waals surface area contributed by atoms with Crippen molar-refractivity contribution in [3.8, 4) is 16.9 Å². The van der Waals surface area contributed by atoms with Crippen molar-refractivity contribution in [3.05, 3.63) is 106 Å². The molecule has 4 aromatic rings. The Balaban J connectivity index is 1.30. The molecule has 0 spiro atoms. The summed E-state index contributed by atoms with van der Waals surface area (Å²) in [6.07, 6.45) is 13.6. The van der Waals surface area contributed by atoms with Gasteiger partial charge in [-0.25, -0.2) is 14.0 Å². The van der Waals surface area contributed by atoms with Gasteiger partial charge in [-0.15, -0.1) is 0 Å². The minimum atomic E-state index is -3.89. The second kappa shape index (κ2) is 12.0. The number of nitrogens with one attached hydrogen (secondary N) is 1. The maximum Gasteiger partial charge on any atom is 0.326 e. The van der Waals surface area contributed by atoms with Gasteiger partial charge in [0, 0.05) is 28.9 Å². The highest BCUT2D eigenvalue weighted by Crippen LogP contribution is 2.32. The molecule has 1 saturated carbocycles. The van der Waals surface area contributed by atoms with Crippen LogP contribution in [0, 0.1) is 5.92 Å². The molecule has 0 atom stereocenters. The van der Waals surface area contributed by atoms with Crippen LogP contribution in [-0.2, 0) is 21.4 Å². The molecule has 2 aliphatic rings. The second-order valence-corrected chi connectivity index (χ2v) is 13.2. The van der Waals surface area contributed by atoms with Gasteiger partial charge in [0.15, 0.2) is 0 Å². The number of rotatable bonds is 7. The fraction of sp³-hybridized carbons (Fsp3) is 0.250. The maximum absolute atomic E-state index is 12.3. The second-order valence-electron chi connectivity index (χ2n) is 10.8. The van der Waals surface area contributed by atoms with Crippen molar-refractivity contribution < 1.29 is 13.2 Å². The first kappa shape index (κ1) is 28.5. The zero-order chi connectivity index (χ0) is 29.3. The zero-order valence-corrected chi connectivity index (χ0v) is 25.2. The zero-order valence-electron chi connectivity index (χ0n) is 22.8. The predicted molar refractivity (Wildman–Crippen MR) is 168 cm³/mol. The third-order valence-corrected chi connectivity index (χ3v) is 9.73. The molecule has 0 unspecified atom stereocenters. The lowest BCUT2D eigenvalue weighted by atomic mass is 9.89. The Morgan fingerprint density at radius 1 is 0.929 bits per heavy atom. The number of hydrogen-bond donors (Lipinski definition) is 1. The van der Waals surface area contributed by atoms with Crippen molar-refractivity contribution in [1.82, 2.24) is 14.3 Å². The number of hydrogen-bond acceptors (Lipinski definition) is 4. The van der Waals surface area contributed by atoms with Crippen molar-refractivity contribution in [2.45, 2.75) is 38.5 Å². The van der Waals surface area contributed by atoms with Crippen LogP contribution in [0.4, 0.5) is 5.69 Å². The monoisotopic (exact) mass is 620 g/mol. The normalized spacial score (nSPS) is 17.2. The molecule has 2 fully saturated rings. The van der Waals surface area contributed by atoms with Crippen LogP contribution in [0.2, 0.25) is 10.0 Å². The van der Waals surface area contributed by atoms with E-state index in [1.807, 2.05) is 33.7 Å². The highest BCUT2D eigenvalue weighted by molar-refractivity contribution is 7.92. The van der Waals surface area contributed by atoms with E-state index in [0.717, 1.165) is 26.9 Å². The van der Waals surface area contributed by atoms with Gasteiger partial charge in [-0.05, 0) is 72.4 Å². The van der Waals surface area contributed by atoms with Crippen LogP contribution in [0.25, 0.3) is 23.0 Å². The van der Waals surface area contributed by atoms with Crippen molar-refractivity contribution in [2.24, 2.45) is 5.92 Å². The topological polar surface area (TPSA) is 84.3 Å². The molecular weight excluding hydrogens is 591 g/mol. The third-order valence-electron chi connectivity index (χ3n) is 7.77. The molecule has 216 valence electrons. The number of allylic oxidation sites excluding steroid dienone is 1. The number of amides is 1. The van der Waals surface area contributed by atoms with E-state index in [1.165, 1.54) is 37.7 Å². The van der Waals surface area contributed by atoms with Crippen molar-refractivity contribution >= 4 is 51.1 Å². The molecule has 1 N–H and O–H groups in total. The molecule has 42 heavy (non-hydrogen) atoms. The Hall–Kier alpha value is -3.59. The van der Waals surface area contributed by atoms with Crippen molar-refractivity contribution in [1.29, 1.82) is 0 Å². The van der Waals surface area contributed by atoms with Gasteiger partial charge in [-0.2, -0.15) is 8.42 Å². The largest absolute Gasteiger partial charge is 0.326 e. The van der Waals surface area contributed by atoms with Gasteiger partial charge in [0.1, 0.15) is 12.4 Å². The summed E-state index contributed by atoms with van der Waals surface area (Å²) < 4.78 is 29.6. The van der Waals surface area contributed by atoms with Gasteiger partial charge < -0.3 is 4.57 Å². The van der Waals surface area contributed by atoms with Crippen LogP contribution in [0.3, 0.4) is 0 Å². The minimum Gasteiger partial charge on any atom is -0.303 e. The molecule has 2 heterocycles. The summed E-state index contributed by atoms with van der Waals surface area (Å²) in [4.78, 5) is 16.7. The first-order chi connectivity index (χ1) is 20.2. The number of benzene rings is 3. The number of nitrogens with zero attached hydrogens (tertiary/aromatic N) is 3. The fourth-order valence-electron chi connectivity index (χ4n) is 5.55. The molecule has 0 bridgehead atoms. The number of aromatic nitrogens is 2. The van der Waals surface area contributed by atoms with E-state index >= 15 is 0 Å². The molecule has 1 amide bonds. The van der Waals surface area contributed by atoms with Crippen molar-refractivity contribution in [2.75, 3.05) is 10.8 Å².